The number of thiophene rings is 1. The van der Waals surface area contributed by atoms with Gasteiger partial charge in [-0.3, -0.25) is 4.90 Å². The summed E-state index contributed by atoms with van der Waals surface area (Å²) in [5.41, 5.74) is 7.86. The zero-order valence-corrected chi connectivity index (χ0v) is 16.5. The van der Waals surface area contributed by atoms with Crippen molar-refractivity contribution < 1.29 is 4.74 Å². The van der Waals surface area contributed by atoms with Crippen LogP contribution in [0.25, 0.3) is 10.1 Å². The van der Waals surface area contributed by atoms with Gasteiger partial charge in [-0.25, -0.2) is 0 Å². The number of rotatable bonds is 7. The molecule has 1 saturated heterocycles. The molecular weight excluding hydrogens is 354 g/mol. The molecule has 2 heterocycles. The average molecular weight is 382 g/mol. The number of nitrogens with zero attached hydrogens (tertiary/aromatic N) is 2. The summed E-state index contributed by atoms with van der Waals surface area (Å²) in [5.74, 6) is 0.903. The van der Waals surface area contributed by atoms with Crippen LogP contribution < -0.4 is 15.4 Å². The molecule has 5 heteroatoms. The van der Waals surface area contributed by atoms with Crippen LogP contribution in [0, 0.1) is 0 Å². The lowest BCUT2D eigenvalue weighted by Crippen LogP contribution is -2.46. The Morgan fingerprint density at radius 2 is 1.74 bits per heavy atom. The normalized spacial score (nSPS) is 15.3. The molecule has 2 aromatic carbocycles. The van der Waals surface area contributed by atoms with Crippen LogP contribution in [0.2, 0.25) is 0 Å². The first-order chi connectivity index (χ1) is 13.3. The van der Waals surface area contributed by atoms with Gasteiger partial charge in [-0.1, -0.05) is 6.07 Å². The average Bonchev–Trinajstić information content (AvgIpc) is 3.19. The predicted octanol–water partition coefficient (Wildman–Crippen LogP) is 4.46. The van der Waals surface area contributed by atoms with Crippen molar-refractivity contribution in [2.45, 2.75) is 12.8 Å². The highest BCUT2D eigenvalue weighted by molar-refractivity contribution is 7.17. The molecular formula is C22H27N3OS. The van der Waals surface area contributed by atoms with Gasteiger partial charge in [0, 0.05) is 47.6 Å². The second-order valence-corrected chi connectivity index (χ2v) is 8.01. The molecule has 1 aliphatic rings. The van der Waals surface area contributed by atoms with Crippen LogP contribution >= 0.6 is 11.3 Å². The predicted molar refractivity (Wildman–Crippen MR) is 116 cm³/mol. The fourth-order valence-electron chi connectivity index (χ4n) is 3.66. The van der Waals surface area contributed by atoms with Crippen molar-refractivity contribution in [2.24, 2.45) is 0 Å². The Morgan fingerprint density at radius 1 is 0.926 bits per heavy atom. The Balaban J connectivity index is 1.18. The van der Waals surface area contributed by atoms with Gasteiger partial charge in [-0.15, -0.1) is 11.3 Å². The highest BCUT2D eigenvalue weighted by atomic mass is 32.1. The van der Waals surface area contributed by atoms with Gasteiger partial charge in [-0.05, 0) is 67.2 Å². The molecule has 0 amide bonds. The minimum absolute atomic E-state index is 0.768. The van der Waals surface area contributed by atoms with E-state index >= 15 is 0 Å². The third-order valence-electron chi connectivity index (χ3n) is 5.20. The molecule has 27 heavy (non-hydrogen) atoms. The number of hydrogen-bond donors (Lipinski definition) is 1. The minimum Gasteiger partial charge on any atom is -0.494 e. The van der Waals surface area contributed by atoms with Crippen molar-refractivity contribution in [1.82, 2.24) is 4.90 Å². The summed E-state index contributed by atoms with van der Waals surface area (Å²) in [4.78, 5) is 5.11. The maximum Gasteiger partial charge on any atom is 0.119 e. The standard InChI is InChI=1S/C22H27N3OS/c23-18-6-8-19(9-7-18)26-16-2-1-11-24-12-14-25(15-13-24)21-4-3-5-22-20(21)10-17-27-22/h3-10,17H,1-2,11-16,23H2. The van der Waals surface area contributed by atoms with Gasteiger partial charge in [0.25, 0.3) is 0 Å². The Labute approximate surface area is 165 Å². The molecule has 0 unspecified atom stereocenters. The highest BCUT2D eigenvalue weighted by Crippen LogP contribution is 2.31. The number of nitrogens with two attached hydrogens (primary N) is 1. The number of anilines is 2. The molecule has 0 spiro atoms. The van der Waals surface area contributed by atoms with E-state index in [2.05, 4.69) is 39.4 Å². The number of hydrogen-bond acceptors (Lipinski definition) is 5. The van der Waals surface area contributed by atoms with Crippen molar-refractivity contribution in [3.63, 3.8) is 0 Å². The maximum atomic E-state index is 5.78. The van der Waals surface area contributed by atoms with Gasteiger partial charge in [-0.2, -0.15) is 0 Å². The maximum absolute atomic E-state index is 5.78. The van der Waals surface area contributed by atoms with Crippen molar-refractivity contribution in [1.29, 1.82) is 0 Å². The van der Waals surface area contributed by atoms with Crippen LogP contribution in [0.15, 0.2) is 53.9 Å². The molecule has 4 rings (SSSR count). The molecule has 1 fully saturated rings. The van der Waals surface area contributed by atoms with Gasteiger partial charge in [0.15, 0.2) is 0 Å². The zero-order valence-electron chi connectivity index (χ0n) is 15.6. The summed E-state index contributed by atoms with van der Waals surface area (Å²) in [6, 6.07) is 16.5. The smallest absolute Gasteiger partial charge is 0.119 e. The van der Waals surface area contributed by atoms with E-state index in [-0.39, 0.29) is 0 Å². The fraction of sp³-hybridized carbons (Fsp3) is 0.364. The summed E-state index contributed by atoms with van der Waals surface area (Å²) < 4.78 is 7.16. The second kappa shape index (κ2) is 8.63. The van der Waals surface area contributed by atoms with E-state index in [0.29, 0.717) is 0 Å². The second-order valence-electron chi connectivity index (χ2n) is 7.06. The number of ether oxygens (including phenoxy) is 1. The van der Waals surface area contributed by atoms with Crippen molar-refractivity contribution in [2.75, 3.05) is 50.0 Å². The monoisotopic (exact) mass is 381 g/mol. The van der Waals surface area contributed by atoms with E-state index in [4.69, 9.17) is 10.5 Å². The first kappa shape index (κ1) is 18.1. The topological polar surface area (TPSA) is 41.7 Å². The lowest BCUT2D eigenvalue weighted by molar-refractivity contribution is 0.239. The molecule has 4 nitrogen and oxygen atoms in total. The third kappa shape index (κ3) is 4.54. The highest BCUT2D eigenvalue weighted by Gasteiger charge is 2.18. The Kier molecular flexibility index (Phi) is 5.80. The molecule has 2 N–H and O–H groups in total. The summed E-state index contributed by atoms with van der Waals surface area (Å²) in [5, 5.41) is 3.59. The first-order valence-electron chi connectivity index (χ1n) is 9.71. The quantitative estimate of drug-likeness (QED) is 0.484. The molecule has 0 bridgehead atoms. The van der Waals surface area contributed by atoms with Crippen LogP contribution in [-0.4, -0.2) is 44.2 Å². The Morgan fingerprint density at radius 3 is 2.56 bits per heavy atom. The molecule has 142 valence electrons. The van der Waals surface area contributed by atoms with Gasteiger partial charge < -0.3 is 15.4 Å². The Hall–Kier alpha value is -2.24. The number of unbranched alkanes of at least 4 members (excludes halogenated alkanes) is 1. The number of benzene rings is 2. The largest absolute Gasteiger partial charge is 0.494 e. The van der Waals surface area contributed by atoms with Crippen LogP contribution in [0.1, 0.15) is 12.8 Å². The van der Waals surface area contributed by atoms with Gasteiger partial charge in [0.2, 0.25) is 0 Å². The zero-order chi connectivity index (χ0) is 18.5. The summed E-state index contributed by atoms with van der Waals surface area (Å²) in [6.07, 6.45) is 2.26. The molecule has 1 aromatic heterocycles. The number of piperazine rings is 1. The number of nitrogen functional groups attached to an aromatic ring is 1. The lowest BCUT2D eigenvalue weighted by Gasteiger charge is -2.36. The van der Waals surface area contributed by atoms with E-state index in [0.717, 1.165) is 57.2 Å². The van der Waals surface area contributed by atoms with E-state index in [1.807, 2.05) is 35.6 Å². The molecule has 3 aromatic rings. The minimum atomic E-state index is 0.768. The molecule has 0 saturated carbocycles. The molecule has 0 atom stereocenters. The molecule has 0 radical (unpaired) electrons. The summed E-state index contributed by atoms with van der Waals surface area (Å²) >= 11 is 1.83. The van der Waals surface area contributed by atoms with E-state index in [1.165, 1.54) is 22.2 Å². The Bertz CT molecular complexity index is 853. The van der Waals surface area contributed by atoms with Gasteiger partial charge in [0.05, 0.1) is 6.61 Å². The van der Waals surface area contributed by atoms with E-state index in [1.54, 1.807) is 0 Å². The van der Waals surface area contributed by atoms with Crippen LogP contribution in [0.3, 0.4) is 0 Å². The SMILES string of the molecule is Nc1ccc(OCCCCN2CCN(c3cccc4sccc34)CC2)cc1. The van der Waals surface area contributed by atoms with Crippen molar-refractivity contribution >= 4 is 32.8 Å². The first-order valence-corrected chi connectivity index (χ1v) is 10.6. The van der Waals surface area contributed by atoms with Crippen LogP contribution in [0.5, 0.6) is 5.75 Å². The van der Waals surface area contributed by atoms with E-state index < -0.39 is 0 Å². The van der Waals surface area contributed by atoms with Gasteiger partial charge >= 0.3 is 0 Å². The fourth-order valence-corrected chi connectivity index (χ4v) is 4.47. The van der Waals surface area contributed by atoms with Gasteiger partial charge in [0.1, 0.15) is 5.75 Å². The van der Waals surface area contributed by atoms with E-state index in [9.17, 15) is 0 Å². The van der Waals surface area contributed by atoms with Crippen LogP contribution in [0.4, 0.5) is 11.4 Å². The summed E-state index contributed by atoms with van der Waals surface area (Å²) in [7, 11) is 0. The van der Waals surface area contributed by atoms with Crippen LogP contribution in [-0.2, 0) is 0 Å². The third-order valence-corrected chi connectivity index (χ3v) is 6.09. The van der Waals surface area contributed by atoms with Crippen molar-refractivity contribution in [3.05, 3.63) is 53.9 Å². The molecule has 1 aliphatic heterocycles. The van der Waals surface area contributed by atoms with Crippen molar-refractivity contribution in [3.8, 4) is 5.75 Å². The molecule has 0 aliphatic carbocycles. The number of fused-ring (bicyclic) bond motifs is 1. The lowest BCUT2D eigenvalue weighted by atomic mass is 10.2. The summed E-state index contributed by atoms with van der Waals surface area (Å²) in [6.45, 7) is 6.41.